The maximum absolute atomic E-state index is 13.4. The average molecular weight is 316 g/mol. The fraction of sp³-hybridized carbons (Fsp3) is 0.333. The highest BCUT2D eigenvalue weighted by Crippen LogP contribution is 2.37. The molecule has 0 amide bonds. The molecule has 0 spiro atoms. The van der Waals surface area contributed by atoms with E-state index < -0.39 is 0 Å². The zero-order valence-electron chi connectivity index (χ0n) is 13.2. The zero-order chi connectivity index (χ0) is 15.7. The molecule has 1 N–H and O–H groups in total. The second kappa shape index (κ2) is 6.21. The summed E-state index contributed by atoms with van der Waals surface area (Å²) in [6.07, 6.45) is 0. The van der Waals surface area contributed by atoms with Crippen molar-refractivity contribution in [2.75, 3.05) is 23.0 Å². The number of hydrogen-bond acceptors (Lipinski definition) is 3. The second-order valence-corrected chi connectivity index (χ2v) is 6.89. The molecule has 0 aromatic heterocycles. The number of aryl methyl sites for hydroxylation is 1. The highest BCUT2D eigenvalue weighted by Gasteiger charge is 2.21. The Morgan fingerprint density at radius 1 is 1.18 bits per heavy atom. The van der Waals surface area contributed by atoms with E-state index in [0.717, 1.165) is 24.4 Å². The van der Waals surface area contributed by atoms with Crippen molar-refractivity contribution in [3.8, 4) is 0 Å². The Bertz CT molecular complexity index is 700. The zero-order valence-corrected chi connectivity index (χ0v) is 14.1. The van der Waals surface area contributed by atoms with Crippen molar-refractivity contribution >= 4 is 23.1 Å². The van der Waals surface area contributed by atoms with Crippen LogP contribution < -0.4 is 10.2 Å². The standard InChI is InChI=1S/C18H21FN2S/c1-4-22-17-9-16(7-12(2)18(17)20-3)21-10-13-5-6-15(19)8-14(13)11-21/h5-9,20H,4,10-11H2,1-3H3. The summed E-state index contributed by atoms with van der Waals surface area (Å²) in [5, 5.41) is 3.30. The Morgan fingerprint density at radius 3 is 2.68 bits per heavy atom. The van der Waals surface area contributed by atoms with Crippen LogP contribution in [0.25, 0.3) is 0 Å². The molecular weight excluding hydrogens is 295 g/mol. The number of rotatable bonds is 4. The predicted molar refractivity (Wildman–Crippen MR) is 93.4 cm³/mol. The van der Waals surface area contributed by atoms with Crippen molar-refractivity contribution in [1.29, 1.82) is 0 Å². The largest absolute Gasteiger partial charge is 0.387 e. The van der Waals surface area contributed by atoms with Gasteiger partial charge in [0.1, 0.15) is 5.82 Å². The van der Waals surface area contributed by atoms with E-state index in [1.165, 1.54) is 27.4 Å². The molecule has 1 aliphatic rings. The first-order valence-electron chi connectivity index (χ1n) is 7.59. The van der Waals surface area contributed by atoms with Crippen LogP contribution in [0.2, 0.25) is 0 Å². The molecular formula is C18H21FN2S. The number of anilines is 2. The number of nitrogens with zero attached hydrogens (tertiary/aromatic N) is 1. The van der Waals surface area contributed by atoms with E-state index in [1.54, 1.807) is 12.1 Å². The maximum atomic E-state index is 13.4. The smallest absolute Gasteiger partial charge is 0.123 e. The maximum Gasteiger partial charge on any atom is 0.123 e. The molecule has 1 aliphatic heterocycles. The Labute approximate surface area is 135 Å². The van der Waals surface area contributed by atoms with Crippen molar-refractivity contribution in [3.05, 3.63) is 52.8 Å². The van der Waals surface area contributed by atoms with Gasteiger partial charge in [-0.2, -0.15) is 0 Å². The van der Waals surface area contributed by atoms with Gasteiger partial charge in [-0.25, -0.2) is 4.39 Å². The van der Waals surface area contributed by atoms with Crippen LogP contribution >= 0.6 is 11.8 Å². The van der Waals surface area contributed by atoms with E-state index in [0.29, 0.717) is 0 Å². The second-order valence-electron chi connectivity index (χ2n) is 5.59. The quantitative estimate of drug-likeness (QED) is 0.815. The molecule has 2 aromatic rings. The van der Waals surface area contributed by atoms with Crippen molar-refractivity contribution in [2.24, 2.45) is 0 Å². The fourth-order valence-corrected chi connectivity index (χ4v) is 3.98. The normalized spacial score (nSPS) is 13.4. The molecule has 0 aliphatic carbocycles. The number of hydrogen-bond donors (Lipinski definition) is 1. The predicted octanol–water partition coefficient (Wildman–Crippen LogP) is 4.81. The number of nitrogens with one attached hydrogen (secondary N) is 1. The minimum Gasteiger partial charge on any atom is -0.387 e. The summed E-state index contributed by atoms with van der Waals surface area (Å²) >= 11 is 1.85. The molecule has 0 fully saturated rings. The van der Waals surface area contributed by atoms with Crippen LogP contribution in [-0.2, 0) is 13.1 Å². The van der Waals surface area contributed by atoms with Gasteiger partial charge in [-0.1, -0.05) is 13.0 Å². The molecule has 4 heteroatoms. The van der Waals surface area contributed by atoms with Crippen LogP contribution in [0.1, 0.15) is 23.6 Å². The molecule has 22 heavy (non-hydrogen) atoms. The first-order chi connectivity index (χ1) is 10.6. The number of benzene rings is 2. The fourth-order valence-electron chi connectivity index (χ4n) is 3.05. The lowest BCUT2D eigenvalue weighted by Crippen LogP contribution is -2.15. The lowest BCUT2D eigenvalue weighted by molar-refractivity contribution is 0.626. The molecule has 116 valence electrons. The van der Waals surface area contributed by atoms with E-state index >= 15 is 0 Å². The topological polar surface area (TPSA) is 15.3 Å². The van der Waals surface area contributed by atoms with Gasteiger partial charge in [0.25, 0.3) is 0 Å². The number of halogens is 1. The van der Waals surface area contributed by atoms with Crippen LogP contribution in [0.5, 0.6) is 0 Å². The third-order valence-electron chi connectivity index (χ3n) is 4.09. The van der Waals surface area contributed by atoms with Gasteiger partial charge in [0.05, 0.1) is 5.69 Å². The highest BCUT2D eigenvalue weighted by molar-refractivity contribution is 7.99. The minimum absolute atomic E-state index is 0.149. The van der Waals surface area contributed by atoms with Gasteiger partial charge in [0.2, 0.25) is 0 Å². The van der Waals surface area contributed by atoms with E-state index in [1.807, 2.05) is 24.9 Å². The van der Waals surface area contributed by atoms with Crippen LogP contribution in [0.15, 0.2) is 35.2 Å². The van der Waals surface area contributed by atoms with Crippen LogP contribution in [0.3, 0.4) is 0 Å². The van der Waals surface area contributed by atoms with Crippen molar-refractivity contribution in [3.63, 3.8) is 0 Å². The lowest BCUT2D eigenvalue weighted by Gasteiger charge is -2.21. The molecule has 0 saturated heterocycles. The van der Waals surface area contributed by atoms with Gasteiger partial charge in [-0.15, -0.1) is 11.8 Å². The first kappa shape index (κ1) is 15.2. The molecule has 2 nitrogen and oxygen atoms in total. The Balaban J connectivity index is 1.93. The summed E-state index contributed by atoms with van der Waals surface area (Å²) in [6.45, 7) is 5.93. The SMILES string of the molecule is CCSc1cc(N2Cc3ccc(F)cc3C2)cc(C)c1NC. The van der Waals surface area contributed by atoms with Gasteiger partial charge >= 0.3 is 0 Å². The molecule has 0 atom stereocenters. The molecule has 1 heterocycles. The van der Waals surface area contributed by atoms with Crippen molar-refractivity contribution in [1.82, 2.24) is 0 Å². The summed E-state index contributed by atoms with van der Waals surface area (Å²) in [7, 11) is 1.97. The molecule has 0 bridgehead atoms. The summed E-state index contributed by atoms with van der Waals surface area (Å²) in [5.41, 5.74) is 5.99. The molecule has 3 rings (SSSR count). The summed E-state index contributed by atoms with van der Waals surface area (Å²) < 4.78 is 13.4. The highest BCUT2D eigenvalue weighted by atomic mass is 32.2. The Morgan fingerprint density at radius 2 is 1.95 bits per heavy atom. The van der Waals surface area contributed by atoms with Crippen molar-refractivity contribution < 1.29 is 4.39 Å². The monoisotopic (exact) mass is 316 g/mol. The van der Waals surface area contributed by atoms with Crippen LogP contribution in [0.4, 0.5) is 15.8 Å². The number of thioether (sulfide) groups is 1. The van der Waals surface area contributed by atoms with E-state index in [-0.39, 0.29) is 5.82 Å². The van der Waals surface area contributed by atoms with E-state index in [2.05, 4.69) is 36.2 Å². The molecule has 0 unspecified atom stereocenters. The van der Waals surface area contributed by atoms with Gasteiger partial charge in [-0.05, 0) is 53.6 Å². The van der Waals surface area contributed by atoms with E-state index in [9.17, 15) is 4.39 Å². The Hall–Kier alpha value is -1.68. The third-order valence-corrected chi connectivity index (χ3v) is 5.01. The third kappa shape index (κ3) is 2.80. The molecule has 2 aromatic carbocycles. The number of fused-ring (bicyclic) bond motifs is 1. The molecule has 0 radical (unpaired) electrons. The van der Waals surface area contributed by atoms with Gasteiger partial charge in [-0.3, -0.25) is 0 Å². The Kier molecular flexibility index (Phi) is 4.30. The van der Waals surface area contributed by atoms with Gasteiger partial charge < -0.3 is 10.2 Å². The van der Waals surface area contributed by atoms with Gasteiger partial charge in [0.15, 0.2) is 0 Å². The van der Waals surface area contributed by atoms with Crippen LogP contribution in [-0.4, -0.2) is 12.8 Å². The summed E-state index contributed by atoms with van der Waals surface area (Å²) in [4.78, 5) is 3.60. The summed E-state index contributed by atoms with van der Waals surface area (Å²) in [6, 6.07) is 9.58. The van der Waals surface area contributed by atoms with Gasteiger partial charge in [0, 0.05) is 30.7 Å². The van der Waals surface area contributed by atoms with E-state index in [4.69, 9.17) is 0 Å². The minimum atomic E-state index is -0.149. The lowest BCUT2D eigenvalue weighted by atomic mass is 10.1. The molecule has 0 saturated carbocycles. The van der Waals surface area contributed by atoms with Crippen molar-refractivity contribution in [2.45, 2.75) is 31.8 Å². The average Bonchev–Trinajstić information content (AvgIpc) is 2.90. The van der Waals surface area contributed by atoms with Crippen LogP contribution in [0, 0.1) is 12.7 Å². The summed E-state index contributed by atoms with van der Waals surface area (Å²) in [5.74, 6) is 0.896. The first-order valence-corrected chi connectivity index (χ1v) is 8.58.